The molecule has 0 unspecified atom stereocenters. The monoisotopic (exact) mass is 513 g/mol. The molecule has 2 N–H and O–H groups in total. The van der Waals surface area contributed by atoms with Crippen LogP contribution in [0.3, 0.4) is 0 Å². The van der Waals surface area contributed by atoms with Crippen LogP contribution in [-0.2, 0) is 10.2 Å². The van der Waals surface area contributed by atoms with Gasteiger partial charge in [-0.25, -0.2) is 4.98 Å². The number of anilines is 1. The van der Waals surface area contributed by atoms with Gasteiger partial charge in [0.15, 0.2) is 11.5 Å². The molecular weight excluding hydrogens is 478 g/mol. The van der Waals surface area contributed by atoms with Gasteiger partial charge in [0.1, 0.15) is 11.5 Å². The van der Waals surface area contributed by atoms with Crippen molar-refractivity contribution >= 4 is 26.9 Å². The highest BCUT2D eigenvalue weighted by Gasteiger charge is 2.26. The van der Waals surface area contributed by atoms with Crippen molar-refractivity contribution in [2.75, 3.05) is 30.9 Å². The lowest BCUT2D eigenvalue weighted by Crippen LogP contribution is -2.41. The second kappa shape index (κ2) is 10.3. The molecule has 0 saturated carbocycles. The van der Waals surface area contributed by atoms with Crippen LogP contribution in [0.4, 0.5) is 5.69 Å². The summed E-state index contributed by atoms with van der Waals surface area (Å²) in [5, 5.41) is 8.11. The van der Waals surface area contributed by atoms with E-state index in [1.807, 2.05) is 19.1 Å². The predicted molar refractivity (Wildman–Crippen MR) is 140 cm³/mol. The van der Waals surface area contributed by atoms with Crippen molar-refractivity contribution in [3.05, 3.63) is 30.0 Å². The molecule has 4 heterocycles. The van der Waals surface area contributed by atoms with Crippen molar-refractivity contribution in [2.24, 2.45) is 0 Å². The van der Waals surface area contributed by atoms with E-state index in [-0.39, 0.29) is 6.10 Å². The number of benzene rings is 1. The van der Waals surface area contributed by atoms with Gasteiger partial charge in [0, 0.05) is 43.5 Å². The Labute approximate surface area is 212 Å². The lowest BCUT2D eigenvalue weighted by atomic mass is 10.1. The number of aryl methyl sites for hydroxylation is 1. The SMILES string of the molecule is Cc1n[nH]c2nc(-c3ccc(NS(=O)(=O)N4CCCCC4)cc3)nc(OC3CCN(C(C)C)CC3)c12. The minimum absolute atomic E-state index is 0.0896. The van der Waals surface area contributed by atoms with Crippen LogP contribution < -0.4 is 9.46 Å². The van der Waals surface area contributed by atoms with Gasteiger partial charge < -0.3 is 9.64 Å². The zero-order valence-corrected chi connectivity index (χ0v) is 22.0. The Hall–Kier alpha value is -2.76. The summed E-state index contributed by atoms with van der Waals surface area (Å²) in [5.74, 6) is 1.05. The molecule has 1 aromatic carbocycles. The molecule has 10 nitrogen and oxygen atoms in total. The minimum atomic E-state index is -3.56. The first kappa shape index (κ1) is 24.9. The second-order valence-electron chi connectivity index (χ2n) is 9.98. The topological polar surface area (TPSA) is 116 Å². The van der Waals surface area contributed by atoms with Crippen LogP contribution in [0, 0.1) is 6.92 Å². The van der Waals surface area contributed by atoms with Crippen LogP contribution in [0.1, 0.15) is 51.6 Å². The fourth-order valence-corrected chi connectivity index (χ4v) is 6.23. The largest absolute Gasteiger partial charge is 0.474 e. The van der Waals surface area contributed by atoms with E-state index in [0.717, 1.165) is 61.8 Å². The number of likely N-dealkylation sites (tertiary alicyclic amines) is 1. The third-order valence-electron chi connectivity index (χ3n) is 7.10. The lowest BCUT2D eigenvalue weighted by Gasteiger charge is -2.34. The number of nitrogens with one attached hydrogen (secondary N) is 2. The Kier molecular flexibility index (Phi) is 7.14. The van der Waals surface area contributed by atoms with Gasteiger partial charge in [-0.2, -0.15) is 22.8 Å². The number of aromatic amines is 1. The highest BCUT2D eigenvalue weighted by molar-refractivity contribution is 7.90. The average Bonchev–Trinajstić information content (AvgIpc) is 3.26. The maximum atomic E-state index is 12.7. The first-order valence-corrected chi connectivity index (χ1v) is 14.3. The average molecular weight is 514 g/mol. The standard InChI is InChI=1S/C25H35N7O3S/c1-17(2)31-15-11-21(12-16-31)35-25-22-18(3)28-29-24(22)26-23(27-25)19-7-9-20(10-8-19)30-36(33,34)32-13-5-4-6-14-32/h7-10,17,21,30H,4-6,11-16H2,1-3H3,(H,26,27,28,29). The van der Waals surface area contributed by atoms with Gasteiger partial charge in [-0.1, -0.05) is 6.42 Å². The Morgan fingerprint density at radius 2 is 1.72 bits per heavy atom. The fraction of sp³-hybridized carbons (Fsp3) is 0.560. The molecule has 0 radical (unpaired) electrons. The van der Waals surface area contributed by atoms with Crippen LogP contribution in [0.2, 0.25) is 0 Å². The van der Waals surface area contributed by atoms with Crippen LogP contribution >= 0.6 is 0 Å². The number of aromatic nitrogens is 4. The minimum Gasteiger partial charge on any atom is -0.474 e. The number of H-pyrrole nitrogens is 1. The maximum Gasteiger partial charge on any atom is 0.301 e. The van der Waals surface area contributed by atoms with Crippen molar-refractivity contribution in [1.29, 1.82) is 0 Å². The van der Waals surface area contributed by atoms with Crippen molar-refractivity contribution in [2.45, 2.75) is 65.0 Å². The van der Waals surface area contributed by atoms with Crippen LogP contribution in [0.15, 0.2) is 24.3 Å². The summed E-state index contributed by atoms with van der Waals surface area (Å²) in [7, 11) is -3.56. The summed E-state index contributed by atoms with van der Waals surface area (Å²) >= 11 is 0. The number of ether oxygens (including phenoxy) is 1. The summed E-state index contributed by atoms with van der Waals surface area (Å²) in [6, 6.07) is 7.66. The summed E-state index contributed by atoms with van der Waals surface area (Å²) in [6.45, 7) is 9.49. The van der Waals surface area contributed by atoms with Crippen LogP contribution in [0.5, 0.6) is 5.88 Å². The highest BCUT2D eigenvalue weighted by atomic mass is 32.2. The molecule has 36 heavy (non-hydrogen) atoms. The fourth-order valence-electron chi connectivity index (χ4n) is 4.93. The Bertz CT molecular complexity index is 1290. The molecule has 2 aliphatic heterocycles. The first-order valence-electron chi connectivity index (χ1n) is 12.8. The molecule has 0 bridgehead atoms. The van der Waals surface area contributed by atoms with Crippen LogP contribution in [0.25, 0.3) is 22.4 Å². The molecule has 0 aliphatic carbocycles. The molecular formula is C25H35N7O3S. The number of hydrogen-bond donors (Lipinski definition) is 2. The van der Waals surface area contributed by atoms with Gasteiger partial charge in [0.2, 0.25) is 5.88 Å². The summed E-state index contributed by atoms with van der Waals surface area (Å²) in [5.41, 5.74) is 2.70. The third kappa shape index (κ3) is 5.33. The summed E-state index contributed by atoms with van der Waals surface area (Å²) in [6.07, 6.45) is 4.85. The number of piperidine rings is 2. The van der Waals surface area contributed by atoms with Gasteiger partial charge in [-0.3, -0.25) is 9.82 Å². The van der Waals surface area contributed by atoms with Gasteiger partial charge in [-0.15, -0.1) is 0 Å². The number of rotatable bonds is 7. The molecule has 2 fully saturated rings. The van der Waals surface area contributed by atoms with E-state index in [4.69, 9.17) is 9.72 Å². The molecule has 194 valence electrons. The molecule has 2 saturated heterocycles. The number of nitrogens with zero attached hydrogens (tertiary/aromatic N) is 5. The maximum absolute atomic E-state index is 12.7. The van der Waals surface area contributed by atoms with Crippen molar-refractivity contribution in [3.63, 3.8) is 0 Å². The van der Waals surface area contributed by atoms with Crippen LogP contribution in [-0.4, -0.2) is 76.1 Å². The van der Waals surface area contributed by atoms with Gasteiger partial charge in [-0.05, 0) is 70.7 Å². The Morgan fingerprint density at radius 3 is 2.39 bits per heavy atom. The highest BCUT2D eigenvalue weighted by Crippen LogP contribution is 2.30. The van der Waals surface area contributed by atoms with Crippen molar-refractivity contribution in [3.8, 4) is 17.3 Å². The second-order valence-corrected chi connectivity index (χ2v) is 11.6. The van der Waals surface area contributed by atoms with E-state index in [2.05, 4.69) is 38.7 Å². The molecule has 3 aromatic rings. The molecule has 0 atom stereocenters. The quantitative estimate of drug-likeness (QED) is 0.495. The van der Waals surface area contributed by atoms with E-state index >= 15 is 0 Å². The van der Waals surface area contributed by atoms with E-state index in [9.17, 15) is 8.42 Å². The Balaban J connectivity index is 1.35. The smallest absolute Gasteiger partial charge is 0.301 e. The van der Waals surface area contributed by atoms with E-state index in [1.165, 1.54) is 4.31 Å². The summed E-state index contributed by atoms with van der Waals surface area (Å²) < 4.78 is 36.0. The van der Waals surface area contributed by atoms with Crippen molar-refractivity contribution < 1.29 is 13.2 Å². The van der Waals surface area contributed by atoms with E-state index in [1.54, 1.807) is 12.1 Å². The molecule has 2 aromatic heterocycles. The normalized spacial score (nSPS) is 18.7. The van der Waals surface area contributed by atoms with E-state index in [0.29, 0.717) is 42.2 Å². The number of hydrogen-bond acceptors (Lipinski definition) is 7. The summed E-state index contributed by atoms with van der Waals surface area (Å²) in [4.78, 5) is 11.9. The molecule has 11 heteroatoms. The zero-order valence-electron chi connectivity index (χ0n) is 21.2. The molecule has 0 spiro atoms. The molecule has 2 aliphatic rings. The van der Waals surface area contributed by atoms with Gasteiger partial charge in [0.05, 0.1) is 5.69 Å². The van der Waals surface area contributed by atoms with Crippen molar-refractivity contribution in [1.82, 2.24) is 29.4 Å². The Morgan fingerprint density at radius 1 is 1.03 bits per heavy atom. The first-order chi connectivity index (χ1) is 17.3. The third-order valence-corrected chi connectivity index (χ3v) is 8.64. The van der Waals surface area contributed by atoms with Gasteiger partial charge in [0.25, 0.3) is 0 Å². The predicted octanol–water partition coefficient (Wildman–Crippen LogP) is 3.72. The molecule has 5 rings (SSSR count). The zero-order chi connectivity index (χ0) is 25.3. The molecule has 0 amide bonds. The van der Waals surface area contributed by atoms with E-state index < -0.39 is 10.2 Å². The van der Waals surface area contributed by atoms with Gasteiger partial charge >= 0.3 is 10.2 Å². The number of fused-ring (bicyclic) bond motifs is 1. The lowest BCUT2D eigenvalue weighted by molar-refractivity contribution is 0.0824.